The summed E-state index contributed by atoms with van der Waals surface area (Å²) in [6, 6.07) is 11.1. The summed E-state index contributed by atoms with van der Waals surface area (Å²) in [5, 5.41) is 10.5. The van der Waals surface area contributed by atoms with Crippen molar-refractivity contribution in [2.45, 2.75) is 20.0 Å². The number of carbonyl (C=O) groups is 1. The third-order valence-electron chi connectivity index (χ3n) is 3.54. The Morgan fingerprint density at radius 1 is 1.22 bits per heavy atom. The zero-order valence-corrected chi connectivity index (χ0v) is 13.5. The lowest BCUT2D eigenvalue weighted by Crippen LogP contribution is -2.05. The molecule has 0 bridgehead atoms. The van der Waals surface area contributed by atoms with Crippen LogP contribution < -0.4 is 4.74 Å². The normalized spacial score (nSPS) is 11.1. The molecule has 0 aliphatic rings. The van der Waals surface area contributed by atoms with Crippen LogP contribution in [0, 0.1) is 0 Å². The quantitative estimate of drug-likeness (QED) is 0.710. The number of aromatic nitrogens is 1. The Hall–Kier alpha value is -2.46. The fraction of sp³-hybridized carbons (Fsp3) is 0.167. The maximum atomic E-state index is 11.3. The minimum Gasteiger partial charge on any atom is -0.491 e. The molecule has 0 saturated heterocycles. The van der Waals surface area contributed by atoms with Gasteiger partial charge in [-0.1, -0.05) is 23.7 Å². The maximum Gasteiger partial charge on any atom is 0.337 e. The predicted octanol–water partition coefficient (Wildman–Crippen LogP) is 4.97. The predicted molar refractivity (Wildman–Crippen MR) is 91.5 cm³/mol. The van der Waals surface area contributed by atoms with Gasteiger partial charge >= 0.3 is 5.97 Å². The van der Waals surface area contributed by atoms with Crippen molar-refractivity contribution in [2.24, 2.45) is 0 Å². The number of carboxylic acid groups (broad SMARTS) is 1. The molecule has 0 atom stereocenters. The summed E-state index contributed by atoms with van der Waals surface area (Å²) in [4.78, 5) is 14.2. The zero-order chi connectivity index (χ0) is 16.6. The molecule has 1 aromatic heterocycles. The molecule has 0 aliphatic heterocycles. The van der Waals surface area contributed by atoms with E-state index in [1.807, 2.05) is 38.1 Å². The van der Waals surface area contributed by atoms with Crippen molar-refractivity contribution >= 4 is 28.5 Å². The maximum absolute atomic E-state index is 11.3. The van der Waals surface area contributed by atoms with E-state index in [2.05, 4.69) is 4.98 Å². The molecule has 0 unspecified atom stereocenters. The number of ether oxygens (including phenoxy) is 1. The topological polar surface area (TPSA) is 62.3 Å². The first-order valence-corrected chi connectivity index (χ1v) is 7.64. The van der Waals surface area contributed by atoms with Gasteiger partial charge in [0, 0.05) is 22.7 Å². The van der Waals surface area contributed by atoms with Crippen LogP contribution in [0.1, 0.15) is 24.2 Å². The number of benzene rings is 2. The summed E-state index contributed by atoms with van der Waals surface area (Å²) >= 11 is 6.35. The monoisotopic (exact) mass is 329 g/mol. The van der Waals surface area contributed by atoms with Crippen molar-refractivity contribution in [3.63, 3.8) is 0 Å². The molecule has 3 rings (SSSR count). The largest absolute Gasteiger partial charge is 0.491 e. The van der Waals surface area contributed by atoms with Crippen LogP contribution in [0.25, 0.3) is 22.0 Å². The number of rotatable bonds is 4. The highest BCUT2D eigenvalue weighted by Crippen LogP contribution is 2.34. The highest BCUT2D eigenvalue weighted by Gasteiger charge is 2.14. The third-order valence-corrected chi connectivity index (χ3v) is 3.85. The van der Waals surface area contributed by atoms with Crippen molar-refractivity contribution in [2.75, 3.05) is 0 Å². The molecule has 0 aliphatic carbocycles. The summed E-state index contributed by atoms with van der Waals surface area (Å²) in [6.45, 7) is 3.94. The van der Waals surface area contributed by atoms with E-state index in [1.165, 1.54) is 6.20 Å². The van der Waals surface area contributed by atoms with Gasteiger partial charge < -0.3 is 14.8 Å². The lowest BCUT2D eigenvalue weighted by Gasteiger charge is -2.11. The standard InChI is InChI=1S/C18H16ClNO3/c1-10(2)23-12-5-3-11(4-6-12)13-7-14-15(18(21)22)9-20-17(14)8-16(13)19/h3-10,20H,1-2H3,(H,21,22). The number of halogens is 1. The fourth-order valence-corrected chi connectivity index (χ4v) is 2.80. The number of aromatic amines is 1. The summed E-state index contributed by atoms with van der Waals surface area (Å²) in [5.74, 6) is -0.181. The summed E-state index contributed by atoms with van der Waals surface area (Å²) in [6.07, 6.45) is 1.59. The van der Waals surface area contributed by atoms with Crippen molar-refractivity contribution in [1.29, 1.82) is 0 Å². The SMILES string of the molecule is CC(C)Oc1ccc(-c2cc3c(C(=O)O)c[nH]c3cc2Cl)cc1. The molecule has 3 aromatic rings. The van der Waals surface area contributed by atoms with Crippen molar-refractivity contribution in [3.8, 4) is 16.9 Å². The Morgan fingerprint density at radius 3 is 2.52 bits per heavy atom. The number of aromatic carboxylic acids is 1. The average Bonchev–Trinajstić information content (AvgIpc) is 2.89. The third kappa shape index (κ3) is 3.03. The van der Waals surface area contributed by atoms with Crippen LogP contribution in [0.4, 0.5) is 0 Å². The molecular weight excluding hydrogens is 314 g/mol. The van der Waals surface area contributed by atoms with Crippen LogP contribution in [-0.2, 0) is 0 Å². The second kappa shape index (κ2) is 5.97. The number of H-pyrrole nitrogens is 1. The van der Waals surface area contributed by atoms with Gasteiger partial charge in [0.25, 0.3) is 0 Å². The van der Waals surface area contributed by atoms with Crippen molar-refractivity contribution < 1.29 is 14.6 Å². The van der Waals surface area contributed by atoms with E-state index in [0.717, 1.165) is 16.9 Å². The van der Waals surface area contributed by atoms with Gasteiger partial charge in [-0.15, -0.1) is 0 Å². The molecule has 0 spiro atoms. The van der Waals surface area contributed by atoms with Gasteiger partial charge in [0.15, 0.2) is 0 Å². The van der Waals surface area contributed by atoms with Gasteiger partial charge in [0.05, 0.1) is 16.7 Å². The molecule has 2 N–H and O–H groups in total. The molecule has 1 heterocycles. The number of hydrogen-bond acceptors (Lipinski definition) is 2. The number of fused-ring (bicyclic) bond motifs is 1. The average molecular weight is 330 g/mol. The van der Waals surface area contributed by atoms with E-state index in [9.17, 15) is 9.90 Å². The Morgan fingerprint density at radius 2 is 1.91 bits per heavy atom. The van der Waals surface area contributed by atoms with E-state index >= 15 is 0 Å². The first-order chi connectivity index (χ1) is 11.0. The Kier molecular flexibility index (Phi) is 4.01. The molecule has 0 radical (unpaired) electrons. The van der Waals surface area contributed by atoms with Crippen LogP contribution in [0.2, 0.25) is 5.02 Å². The highest BCUT2D eigenvalue weighted by molar-refractivity contribution is 6.34. The molecular formula is C18H16ClNO3. The van der Waals surface area contributed by atoms with Gasteiger partial charge in [-0.25, -0.2) is 4.79 Å². The lowest BCUT2D eigenvalue weighted by molar-refractivity contribution is 0.0699. The Labute approximate surface area is 138 Å². The Bertz CT molecular complexity index is 866. The van der Waals surface area contributed by atoms with Crippen molar-refractivity contribution in [1.82, 2.24) is 4.98 Å². The van der Waals surface area contributed by atoms with Crippen LogP contribution in [0.15, 0.2) is 42.6 Å². The van der Waals surface area contributed by atoms with E-state index in [4.69, 9.17) is 16.3 Å². The van der Waals surface area contributed by atoms with Crippen molar-refractivity contribution in [3.05, 3.63) is 53.2 Å². The van der Waals surface area contributed by atoms with Crippen LogP contribution in [0.3, 0.4) is 0 Å². The van der Waals surface area contributed by atoms with E-state index in [0.29, 0.717) is 15.9 Å². The van der Waals surface area contributed by atoms with Gasteiger partial charge in [-0.05, 0) is 43.7 Å². The number of carboxylic acids is 1. The minimum absolute atomic E-state index is 0.110. The molecule has 0 fully saturated rings. The second-order valence-electron chi connectivity index (χ2n) is 5.58. The van der Waals surface area contributed by atoms with E-state index < -0.39 is 5.97 Å². The summed E-state index contributed by atoms with van der Waals surface area (Å²) in [5.41, 5.74) is 2.64. The molecule has 23 heavy (non-hydrogen) atoms. The summed E-state index contributed by atoms with van der Waals surface area (Å²) in [7, 11) is 0. The molecule has 0 saturated carbocycles. The van der Waals surface area contributed by atoms with Gasteiger partial charge in [-0.3, -0.25) is 0 Å². The van der Waals surface area contributed by atoms with Gasteiger partial charge in [0.2, 0.25) is 0 Å². The molecule has 4 nitrogen and oxygen atoms in total. The van der Waals surface area contributed by atoms with Gasteiger partial charge in [0.1, 0.15) is 5.75 Å². The molecule has 118 valence electrons. The molecule has 5 heteroatoms. The summed E-state index contributed by atoms with van der Waals surface area (Å²) < 4.78 is 5.63. The zero-order valence-electron chi connectivity index (χ0n) is 12.8. The van der Waals surface area contributed by atoms with Crippen LogP contribution >= 0.6 is 11.6 Å². The number of nitrogens with one attached hydrogen (secondary N) is 1. The second-order valence-corrected chi connectivity index (χ2v) is 5.98. The fourth-order valence-electron chi connectivity index (χ4n) is 2.53. The van der Waals surface area contributed by atoms with E-state index in [1.54, 1.807) is 12.1 Å². The smallest absolute Gasteiger partial charge is 0.337 e. The van der Waals surface area contributed by atoms with Gasteiger partial charge in [-0.2, -0.15) is 0 Å². The Balaban J connectivity index is 2.06. The van der Waals surface area contributed by atoms with Crippen LogP contribution in [0.5, 0.6) is 5.75 Å². The first-order valence-electron chi connectivity index (χ1n) is 7.26. The lowest BCUT2D eigenvalue weighted by atomic mass is 10.0. The van der Waals surface area contributed by atoms with Crippen LogP contribution in [-0.4, -0.2) is 22.2 Å². The molecule has 0 amide bonds. The molecule has 2 aromatic carbocycles. The highest BCUT2D eigenvalue weighted by atomic mass is 35.5. The number of hydrogen-bond donors (Lipinski definition) is 2. The van der Waals surface area contributed by atoms with E-state index in [-0.39, 0.29) is 11.7 Å². The minimum atomic E-state index is -0.967. The first kappa shape index (κ1) is 15.4.